The quantitative estimate of drug-likeness (QED) is 0.536. The summed E-state index contributed by atoms with van der Waals surface area (Å²) in [5.74, 6) is 0.0914. The fourth-order valence-electron chi connectivity index (χ4n) is 3.17. The largest absolute Gasteiger partial charge is 0.394 e. The lowest BCUT2D eigenvalue weighted by atomic mass is 9.99. The number of nitrogen functional groups attached to an aromatic ring is 1. The average Bonchev–Trinajstić information content (AvgIpc) is 2.68. The maximum Gasteiger partial charge on any atom is 0.220 e. The molecule has 28 heavy (non-hydrogen) atoms. The maximum atomic E-state index is 10.3. The van der Waals surface area contributed by atoms with Crippen molar-refractivity contribution in [3.63, 3.8) is 0 Å². The van der Waals surface area contributed by atoms with E-state index in [0.717, 1.165) is 11.1 Å². The lowest BCUT2D eigenvalue weighted by Gasteiger charge is -2.41. The van der Waals surface area contributed by atoms with Crippen molar-refractivity contribution in [3.05, 3.63) is 41.6 Å². The fourth-order valence-corrected chi connectivity index (χ4v) is 3.17. The van der Waals surface area contributed by atoms with Crippen molar-refractivity contribution in [1.29, 1.82) is 0 Å². The first-order valence-corrected chi connectivity index (χ1v) is 8.90. The maximum absolute atomic E-state index is 10.3. The van der Waals surface area contributed by atoms with Gasteiger partial charge in [-0.15, -0.1) is 0 Å². The summed E-state index contributed by atoms with van der Waals surface area (Å²) in [7, 11) is 1.36. The predicted molar refractivity (Wildman–Crippen MR) is 100.0 cm³/mol. The number of aryl methyl sites for hydroxylation is 1. The van der Waals surface area contributed by atoms with Gasteiger partial charge in [-0.3, -0.25) is 0 Å². The monoisotopic (exact) mass is 391 g/mol. The third-order valence-corrected chi connectivity index (χ3v) is 4.59. The molecular formula is C19H25N3O6. The summed E-state index contributed by atoms with van der Waals surface area (Å²) >= 11 is 0. The van der Waals surface area contributed by atoms with Gasteiger partial charge in [0.15, 0.2) is 6.29 Å². The average molecular weight is 391 g/mol. The third-order valence-electron chi connectivity index (χ3n) is 4.59. The summed E-state index contributed by atoms with van der Waals surface area (Å²) < 4.78 is 16.1. The van der Waals surface area contributed by atoms with E-state index in [1.165, 1.54) is 7.11 Å². The van der Waals surface area contributed by atoms with Gasteiger partial charge in [0.2, 0.25) is 5.95 Å². The Morgan fingerprint density at radius 2 is 1.96 bits per heavy atom. The molecule has 2 heterocycles. The molecule has 0 aliphatic carbocycles. The van der Waals surface area contributed by atoms with Gasteiger partial charge in [-0.1, -0.05) is 23.8 Å². The smallest absolute Gasteiger partial charge is 0.220 e. The van der Waals surface area contributed by atoms with Crippen molar-refractivity contribution in [2.45, 2.75) is 44.2 Å². The Labute approximate surface area is 162 Å². The first kappa shape index (κ1) is 20.6. The van der Waals surface area contributed by atoms with Crippen molar-refractivity contribution in [2.24, 2.45) is 0 Å². The second-order valence-corrected chi connectivity index (χ2v) is 6.69. The van der Waals surface area contributed by atoms with E-state index in [-0.39, 0.29) is 12.6 Å². The number of rotatable bonds is 6. The molecule has 0 spiro atoms. The lowest BCUT2D eigenvalue weighted by Crippen LogP contribution is -2.59. The van der Waals surface area contributed by atoms with E-state index < -0.39 is 37.3 Å². The van der Waals surface area contributed by atoms with Crippen molar-refractivity contribution >= 4 is 5.95 Å². The molecule has 1 saturated heterocycles. The second-order valence-electron chi connectivity index (χ2n) is 6.69. The topological polar surface area (TPSA) is 140 Å². The molecule has 9 heteroatoms. The number of benzene rings is 1. The van der Waals surface area contributed by atoms with Crippen LogP contribution in [0.2, 0.25) is 0 Å². The van der Waals surface area contributed by atoms with Crippen LogP contribution in [0.15, 0.2) is 30.3 Å². The van der Waals surface area contributed by atoms with Gasteiger partial charge >= 0.3 is 0 Å². The number of aliphatic hydroxyl groups excluding tert-OH is 3. The number of ether oxygens (including phenoxy) is 3. The van der Waals surface area contributed by atoms with E-state index in [0.29, 0.717) is 11.4 Å². The van der Waals surface area contributed by atoms with Crippen molar-refractivity contribution in [1.82, 2.24) is 9.97 Å². The fraction of sp³-hybridized carbons (Fsp3) is 0.474. The van der Waals surface area contributed by atoms with Crippen LogP contribution in [0.5, 0.6) is 0 Å². The molecule has 152 valence electrons. The predicted octanol–water partition coefficient (Wildman–Crippen LogP) is 0.00482. The standard InChI is InChI=1S/C19H25N3O6/c1-10-4-3-5-11(6-10)13-7-12(21-19(20)22-13)9-27-17-15(24)14(8-23)28-18(26-2)16(17)25/h3-7,14-18,23-25H,8-9H2,1-2H3,(H2,20,21,22)/t14-,15+,16-,17+,18-/m1/s1. The first-order chi connectivity index (χ1) is 13.4. The summed E-state index contributed by atoms with van der Waals surface area (Å²) in [5, 5.41) is 30.0. The summed E-state index contributed by atoms with van der Waals surface area (Å²) in [6, 6.07) is 9.54. The molecule has 0 unspecified atom stereocenters. The number of nitrogens with two attached hydrogens (primary N) is 1. The minimum absolute atomic E-state index is 0.0289. The zero-order valence-corrected chi connectivity index (χ0v) is 15.7. The van der Waals surface area contributed by atoms with Gasteiger partial charge in [-0.25, -0.2) is 9.97 Å². The number of aliphatic hydroxyl groups is 3. The van der Waals surface area contributed by atoms with E-state index in [2.05, 4.69) is 9.97 Å². The minimum Gasteiger partial charge on any atom is -0.394 e. The Bertz CT molecular complexity index is 789. The molecule has 1 fully saturated rings. The van der Waals surface area contributed by atoms with E-state index in [1.54, 1.807) is 6.07 Å². The molecule has 3 rings (SSSR count). The number of hydrogen-bond donors (Lipinski definition) is 4. The van der Waals surface area contributed by atoms with Crippen molar-refractivity contribution < 1.29 is 29.5 Å². The molecule has 2 aromatic rings. The highest BCUT2D eigenvalue weighted by molar-refractivity contribution is 5.61. The van der Waals surface area contributed by atoms with Crippen LogP contribution in [0.3, 0.4) is 0 Å². The van der Waals surface area contributed by atoms with Crippen LogP contribution < -0.4 is 5.73 Å². The molecule has 0 radical (unpaired) electrons. The highest BCUT2D eigenvalue weighted by Crippen LogP contribution is 2.25. The van der Waals surface area contributed by atoms with Gasteiger partial charge < -0.3 is 35.3 Å². The number of aromatic nitrogens is 2. The van der Waals surface area contributed by atoms with E-state index >= 15 is 0 Å². The Morgan fingerprint density at radius 1 is 1.18 bits per heavy atom. The molecule has 1 aliphatic heterocycles. The molecule has 1 aliphatic rings. The Hall–Kier alpha value is -2.14. The Balaban J connectivity index is 1.78. The van der Waals surface area contributed by atoms with Crippen LogP contribution in [0.25, 0.3) is 11.3 Å². The molecule has 0 bridgehead atoms. The molecular weight excluding hydrogens is 366 g/mol. The van der Waals surface area contributed by atoms with Gasteiger partial charge in [-0.2, -0.15) is 0 Å². The van der Waals surface area contributed by atoms with Crippen molar-refractivity contribution in [2.75, 3.05) is 19.5 Å². The van der Waals surface area contributed by atoms with Gasteiger partial charge in [0.1, 0.15) is 24.4 Å². The highest BCUT2D eigenvalue weighted by Gasteiger charge is 2.45. The Morgan fingerprint density at radius 3 is 2.64 bits per heavy atom. The molecule has 1 aromatic heterocycles. The second kappa shape index (κ2) is 8.91. The highest BCUT2D eigenvalue weighted by atomic mass is 16.7. The van der Waals surface area contributed by atoms with Crippen LogP contribution in [-0.2, 0) is 20.8 Å². The van der Waals surface area contributed by atoms with Crippen LogP contribution in [0.1, 0.15) is 11.3 Å². The lowest BCUT2D eigenvalue weighted by molar-refractivity contribution is -0.303. The van der Waals surface area contributed by atoms with Gasteiger partial charge in [0.25, 0.3) is 0 Å². The number of anilines is 1. The van der Waals surface area contributed by atoms with Crippen LogP contribution in [0.4, 0.5) is 5.95 Å². The van der Waals surface area contributed by atoms with Crippen LogP contribution in [0, 0.1) is 6.92 Å². The molecule has 0 saturated carbocycles. The Kier molecular flexibility index (Phi) is 6.55. The minimum atomic E-state index is -1.24. The number of nitrogens with zero attached hydrogens (tertiary/aromatic N) is 2. The first-order valence-electron chi connectivity index (χ1n) is 8.90. The van der Waals surface area contributed by atoms with Gasteiger partial charge in [0, 0.05) is 12.7 Å². The molecule has 0 amide bonds. The summed E-state index contributed by atoms with van der Waals surface area (Å²) in [4.78, 5) is 8.42. The third kappa shape index (κ3) is 4.46. The summed E-state index contributed by atoms with van der Waals surface area (Å²) in [6.45, 7) is 1.51. The molecule has 5 N–H and O–H groups in total. The zero-order valence-electron chi connectivity index (χ0n) is 15.7. The van der Waals surface area contributed by atoms with Gasteiger partial charge in [-0.05, 0) is 19.1 Å². The van der Waals surface area contributed by atoms with E-state index in [9.17, 15) is 15.3 Å². The van der Waals surface area contributed by atoms with Gasteiger partial charge in [0.05, 0.1) is 24.6 Å². The SMILES string of the molecule is CO[C@@H]1O[C@H](CO)[C@H](O)[C@H](OCc2cc(-c3cccc(C)c3)nc(N)n2)[C@H]1O. The normalized spacial score (nSPS) is 27.7. The van der Waals surface area contributed by atoms with E-state index in [4.69, 9.17) is 19.9 Å². The zero-order chi connectivity index (χ0) is 20.3. The molecule has 1 aromatic carbocycles. The molecule has 9 nitrogen and oxygen atoms in total. The number of methoxy groups -OCH3 is 1. The number of hydrogen-bond acceptors (Lipinski definition) is 9. The summed E-state index contributed by atoms with van der Waals surface area (Å²) in [5.41, 5.74) is 8.95. The molecule has 5 atom stereocenters. The summed E-state index contributed by atoms with van der Waals surface area (Å²) in [6.07, 6.45) is -5.46. The van der Waals surface area contributed by atoms with E-state index in [1.807, 2.05) is 31.2 Å². The van der Waals surface area contributed by atoms with Crippen molar-refractivity contribution in [3.8, 4) is 11.3 Å². The van der Waals surface area contributed by atoms with Crippen LogP contribution in [-0.4, -0.2) is 69.7 Å². The van der Waals surface area contributed by atoms with Crippen LogP contribution >= 0.6 is 0 Å².